The largest absolute Gasteiger partial charge is 0.460 e. The number of nitrogens with zero attached hydrogens (tertiary/aromatic N) is 1. The van der Waals surface area contributed by atoms with Crippen molar-refractivity contribution in [3.8, 4) is 0 Å². The van der Waals surface area contributed by atoms with Gasteiger partial charge in [0.15, 0.2) is 11.9 Å². The molecular weight excluding hydrogens is 399 g/mol. The molecule has 1 fully saturated rings. The number of aliphatic hydroxyl groups is 2. The second-order valence-electron chi connectivity index (χ2n) is 7.32. The summed E-state index contributed by atoms with van der Waals surface area (Å²) >= 11 is 4.76. The number of thiocarbonyl (C=S) groups is 1. The Morgan fingerprint density at radius 2 is 2.11 bits per heavy atom. The molecule has 0 amide bonds. The molecule has 0 bridgehead atoms. The Bertz CT molecular complexity index is 892. The van der Waals surface area contributed by atoms with E-state index in [1.807, 2.05) is 0 Å². The minimum atomic E-state index is -2.37. The first-order chi connectivity index (χ1) is 12.8. The SMILES string of the molecule is COC(=S)O[C@]1(O)C[C@H](n2cc(F)c(=O)[nH]c2=O)O[C@@H]1C(O)C(=O)C(C)(C)C. The van der Waals surface area contributed by atoms with Crippen molar-refractivity contribution in [1.82, 2.24) is 9.55 Å². The van der Waals surface area contributed by atoms with Crippen molar-refractivity contribution in [2.45, 2.75) is 51.4 Å². The average molecular weight is 420 g/mol. The number of methoxy groups -OCH3 is 1. The van der Waals surface area contributed by atoms with Crippen LogP contribution in [0.1, 0.15) is 33.4 Å². The number of hydrogen-bond donors (Lipinski definition) is 3. The molecule has 0 saturated carbocycles. The van der Waals surface area contributed by atoms with Crippen LogP contribution in [0.3, 0.4) is 0 Å². The molecule has 4 atom stereocenters. The quantitative estimate of drug-likeness (QED) is 0.437. The number of halogens is 1. The third-order valence-electron chi connectivity index (χ3n) is 4.17. The summed E-state index contributed by atoms with van der Waals surface area (Å²) in [6.45, 7) is 4.64. The Hall–Kier alpha value is -2.15. The van der Waals surface area contributed by atoms with Gasteiger partial charge >= 0.3 is 10.9 Å². The Morgan fingerprint density at radius 3 is 2.64 bits per heavy atom. The number of carbonyl (C=O) groups is 1. The lowest BCUT2D eigenvalue weighted by molar-refractivity contribution is -0.216. The van der Waals surface area contributed by atoms with Gasteiger partial charge in [-0.05, 0) is 0 Å². The molecular formula is C16H21FN2O8S. The van der Waals surface area contributed by atoms with Gasteiger partial charge in [-0.15, -0.1) is 0 Å². The van der Waals surface area contributed by atoms with E-state index in [1.165, 1.54) is 7.11 Å². The number of hydrogen-bond acceptors (Lipinski definition) is 9. The Labute approximate surface area is 163 Å². The van der Waals surface area contributed by atoms with Crippen LogP contribution in [0.2, 0.25) is 0 Å². The maximum absolute atomic E-state index is 13.6. The predicted molar refractivity (Wildman–Crippen MR) is 95.9 cm³/mol. The molecule has 12 heteroatoms. The molecule has 2 heterocycles. The summed E-state index contributed by atoms with van der Waals surface area (Å²) in [4.78, 5) is 37.4. The lowest BCUT2D eigenvalue weighted by Gasteiger charge is -2.32. The third-order valence-corrected chi connectivity index (χ3v) is 4.42. The van der Waals surface area contributed by atoms with Gasteiger partial charge in [-0.3, -0.25) is 19.1 Å². The van der Waals surface area contributed by atoms with Crippen LogP contribution in [0.4, 0.5) is 4.39 Å². The van der Waals surface area contributed by atoms with Gasteiger partial charge in [0.2, 0.25) is 11.6 Å². The Morgan fingerprint density at radius 1 is 1.50 bits per heavy atom. The summed E-state index contributed by atoms with van der Waals surface area (Å²) in [6, 6.07) is 0. The standard InChI is InChI=1S/C16H21FN2O8S/c1-15(2,3)10(21)9(20)11-16(24,27-14(28)25-4)5-8(26-11)19-6-7(17)12(22)18-13(19)23/h6,8-9,11,20,24H,5H2,1-4H3,(H,18,22,23)/t8-,9?,11-,16-/m1/s1. The zero-order chi connectivity index (χ0) is 21.4. The van der Waals surface area contributed by atoms with Crippen LogP contribution >= 0.6 is 12.2 Å². The first kappa shape index (κ1) is 22.1. The summed E-state index contributed by atoms with van der Waals surface area (Å²) in [7, 11) is 1.17. The van der Waals surface area contributed by atoms with E-state index in [4.69, 9.17) is 21.7 Å². The molecule has 0 spiro atoms. The highest BCUT2D eigenvalue weighted by atomic mass is 32.1. The molecule has 1 saturated heterocycles. The number of rotatable bonds is 4. The van der Waals surface area contributed by atoms with E-state index in [0.717, 1.165) is 0 Å². The minimum absolute atomic E-state index is 0.507. The van der Waals surface area contributed by atoms with Crippen LogP contribution < -0.4 is 11.2 Å². The number of ether oxygens (including phenoxy) is 3. The predicted octanol–water partition coefficient (Wildman–Crippen LogP) is -0.424. The molecule has 1 unspecified atom stereocenters. The van der Waals surface area contributed by atoms with Crippen molar-refractivity contribution in [3.63, 3.8) is 0 Å². The molecule has 1 aliphatic rings. The summed E-state index contributed by atoms with van der Waals surface area (Å²) in [5, 5.41) is 20.9. The normalized spacial score (nSPS) is 26.0. The number of aliphatic hydroxyl groups excluding tert-OH is 1. The van der Waals surface area contributed by atoms with Crippen LogP contribution in [0.5, 0.6) is 0 Å². The molecule has 0 aliphatic carbocycles. The molecule has 28 heavy (non-hydrogen) atoms. The fraction of sp³-hybridized carbons (Fsp3) is 0.625. The Balaban J connectivity index is 2.46. The molecule has 2 rings (SSSR count). The topological polar surface area (TPSA) is 140 Å². The van der Waals surface area contributed by atoms with Crippen LogP contribution in [0, 0.1) is 11.2 Å². The molecule has 156 valence electrons. The highest BCUT2D eigenvalue weighted by molar-refractivity contribution is 7.79. The smallest absolute Gasteiger partial charge is 0.354 e. The van der Waals surface area contributed by atoms with Crippen LogP contribution in [-0.2, 0) is 19.0 Å². The molecule has 1 aliphatic heterocycles. The van der Waals surface area contributed by atoms with E-state index in [-0.39, 0.29) is 0 Å². The molecule has 0 radical (unpaired) electrons. The molecule has 1 aromatic heterocycles. The van der Waals surface area contributed by atoms with Crippen molar-refractivity contribution in [2.24, 2.45) is 5.41 Å². The third kappa shape index (κ3) is 4.29. The number of ketones is 1. The van der Waals surface area contributed by atoms with E-state index in [1.54, 1.807) is 25.8 Å². The summed E-state index contributed by atoms with van der Waals surface area (Å²) in [6.07, 6.45) is -4.87. The fourth-order valence-corrected chi connectivity index (χ4v) is 2.86. The highest BCUT2D eigenvalue weighted by Gasteiger charge is 2.57. The first-order valence-electron chi connectivity index (χ1n) is 8.18. The maximum Gasteiger partial charge on any atom is 0.354 e. The van der Waals surface area contributed by atoms with E-state index < -0.39 is 64.1 Å². The molecule has 3 N–H and O–H groups in total. The fourth-order valence-electron chi connectivity index (χ4n) is 2.72. The maximum atomic E-state index is 13.6. The summed E-state index contributed by atoms with van der Waals surface area (Å²) < 4.78 is 29.6. The number of Topliss-reactive ketones (excluding diaryl/α,β-unsaturated/α-hetero) is 1. The van der Waals surface area contributed by atoms with Crippen LogP contribution in [0.15, 0.2) is 15.8 Å². The van der Waals surface area contributed by atoms with E-state index in [0.29, 0.717) is 10.8 Å². The van der Waals surface area contributed by atoms with Gasteiger partial charge in [0.05, 0.1) is 19.7 Å². The number of aromatic amines is 1. The number of aromatic nitrogens is 2. The van der Waals surface area contributed by atoms with Crippen molar-refractivity contribution in [3.05, 3.63) is 32.9 Å². The van der Waals surface area contributed by atoms with Gasteiger partial charge in [0, 0.05) is 17.6 Å². The lowest BCUT2D eigenvalue weighted by Crippen LogP contribution is -2.53. The molecule has 0 aromatic carbocycles. The van der Waals surface area contributed by atoms with Gasteiger partial charge in [-0.25, -0.2) is 4.79 Å². The van der Waals surface area contributed by atoms with Gasteiger partial charge in [-0.2, -0.15) is 4.39 Å². The summed E-state index contributed by atoms with van der Waals surface area (Å²) in [5.41, 5.74) is -3.25. The van der Waals surface area contributed by atoms with E-state index >= 15 is 0 Å². The lowest BCUT2D eigenvalue weighted by atomic mass is 9.84. The van der Waals surface area contributed by atoms with E-state index in [9.17, 15) is 29.0 Å². The first-order valence-corrected chi connectivity index (χ1v) is 8.59. The number of nitrogens with one attached hydrogen (secondary N) is 1. The zero-order valence-electron chi connectivity index (χ0n) is 15.6. The zero-order valence-corrected chi connectivity index (χ0v) is 16.4. The number of H-pyrrole nitrogens is 1. The van der Waals surface area contributed by atoms with Crippen LogP contribution in [-0.4, -0.2) is 55.9 Å². The van der Waals surface area contributed by atoms with Gasteiger partial charge in [0.1, 0.15) is 12.3 Å². The van der Waals surface area contributed by atoms with Crippen molar-refractivity contribution in [1.29, 1.82) is 0 Å². The van der Waals surface area contributed by atoms with Crippen molar-refractivity contribution >= 4 is 23.2 Å². The van der Waals surface area contributed by atoms with Gasteiger partial charge in [-0.1, -0.05) is 20.8 Å². The second kappa shape index (κ2) is 7.70. The van der Waals surface area contributed by atoms with Crippen molar-refractivity contribution < 1.29 is 33.6 Å². The average Bonchev–Trinajstić information content (AvgIpc) is 2.92. The van der Waals surface area contributed by atoms with E-state index in [2.05, 4.69) is 4.74 Å². The second-order valence-corrected chi connectivity index (χ2v) is 7.65. The monoisotopic (exact) mass is 420 g/mol. The highest BCUT2D eigenvalue weighted by Crippen LogP contribution is 2.40. The van der Waals surface area contributed by atoms with Gasteiger partial charge < -0.3 is 24.4 Å². The van der Waals surface area contributed by atoms with Crippen LogP contribution in [0.25, 0.3) is 0 Å². The minimum Gasteiger partial charge on any atom is -0.460 e. The summed E-state index contributed by atoms with van der Waals surface area (Å²) in [5.74, 6) is -4.32. The van der Waals surface area contributed by atoms with Crippen molar-refractivity contribution in [2.75, 3.05) is 7.11 Å². The molecule has 1 aromatic rings. The molecule has 10 nitrogen and oxygen atoms in total. The Kier molecular flexibility index (Phi) is 6.09. The number of carbonyl (C=O) groups excluding carboxylic acids is 1. The van der Waals surface area contributed by atoms with Gasteiger partial charge in [0.25, 0.3) is 5.56 Å².